The van der Waals surface area contributed by atoms with Crippen molar-refractivity contribution in [3.63, 3.8) is 0 Å². The van der Waals surface area contributed by atoms with Crippen LogP contribution in [0.2, 0.25) is 0 Å². The van der Waals surface area contributed by atoms with Gasteiger partial charge in [-0.1, -0.05) is 30.0 Å². The van der Waals surface area contributed by atoms with Gasteiger partial charge in [-0.2, -0.15) is 5.26 Å². The molecule has 1 aromatic heterocycles. The zero-order chi connectivity index (χ0) is 19.9. The van der Waals surface area contributed by atoms with E-state index in [0.717, 1.165) is 14.6 Å². The summed E-state index contributed by atoms with van der Waals surface area (Å²) in [7, 11) is 0. The number of hydrogen-bond donors (Lipinski definition) is 1. The number of carbonyl (C=O) groups is 2. The number of aromatic nitrogens is 1. The molecule has 0 unspecified atom stereocenters. The van der Waals surface area contributed by atoms with Gasteiger partial charge in [-0.3, -0.25) is 9.59 Å². The quantitative estimate of drug-likeness (QED) is 0.462. The molecule has 142 valence electrons. The molecule has 8 heteroatoms. The number of fused-ring (bicyclic) bond motifs is 1. The van der Waals surface area contributed by atoms with Gasteiger partial charge in [0.05, 0.1) is 28.3 Å². The number of para-hydroxylation sites is 1. The van der Waals surface area contributed by atoms with Crippen LogP contribution in [0.15, 0.2) is 52.9 Å². The fourth-order valence-electron chi connectivity index (χ4n) is 2.35. The van der Waals surface area contributed by atoms with Crippen LogP contribution in [0.1, 0.15) is 18.9 Å². The second-order valence-corrected chi connectivity index (χ2v) is 8.23. The number of carbonyl (C=O) groups excluding carboxylic acids is 2. The van der Waals surface area contributed by atoms with Crippen LogP contribution in [0.4, 0.5) is 5.69 Å². The maximum absolute atomic E-state index is 12.2. The lowest BCUT2D eigenvalue weighted by Crippen LogP contribution is -2.30. The predicted octanol–water partition coefficient (Wildman–Crippen LogP) is 4.22. The van der Waals surface area contributed by atoms with Gasteiger partial charge in [0.2, 0.25) is 0 Å². The van der Waals surface area contributed by atoms with Crippen LogP contribution in [0.3, 0.4) is 0 Å². The van der Waals surface area contributed by atoms with Crippen molar-refractivity contribution in [2.45, 2.75) is 23.8 Å². The highest BCUT2D eigenvalue weighted by molar-refractivity contribution is 8.01. The summed E-state index contributed by atoms with van der Waals surface area (Å²) >= 11 is 3.08. The summed E-state index contributed by atoms with van der Waals surface area (Å²) in [6.07, 6.45) is -0.743. The lowest BCUT2D eigenvalue weighted by Gasteiger charge is -2.13. The molecule has 1 heterocycles. The number of esters is 1. The molecule has 0 saturated heterocycles. The molecule has 0 aliphatic heterocycles. The van der Waals surface area contributed by atoms with Crippen molar-refractivity contribution in [2.75, 3.05) is 11.1 Å². The van der Waals surface area contributed by atoms with E-state index in [9.17, 15) is 9.59 Å². The largest absolute Gasteiger partial charge is 0.453 e. The van der Waals surface area contributed by atoms with Crippen molar-refractivity contribution in [1.29, 1.82) is 5.26 Å². The highest BCUT2D eigenvalue weighted by Gasteiger charge is 2.18. The van der Waals surface area contributed by atoms with Crippen LogP contribution >= 0.6 is 23.1 Å². The Hall–Kier alpha value is -2.89. The molecule has 0 radical (unpaired) electrons. The number of ether oxygens (including phenoxy) is 1. The fourth-order valence-corrected chi connectivity index (χ4v) is 4.41. The van der Waals surface area contributed by atoms with Gasteiger partial charge in [-0.25, -0.2) is 4.98 Å². The Labute approximate surface area is 170 Å². The van der Waals surface area contributed by atoms with E-state index in [1.54, 1.807) is 35.6 Å². The maximum Gasteiger partial charge on any atom is 0.307 e. The smallest absolute Gasteiger partial charge is 0.307 e. The van der Waals surface area contributed by atoms with Gasteiger partial charge in [0, 0.05) is 11.4 Å². The van der Waals surface area contributed by atoms with Gasteiger partial charge in [-0.05, 0) is 37.3 Å². The molecule has 1 atom stereocenters. The minimum absolute atomic E-state index is 0.183. The van der Waals surface area contributed by atoms with E-state index in [-0.39, 0.29) is 6.42 Å². The van der Waals surface area contributed by atoms with Crippen LogP contribution in [-0.2, 0) is 14.3 Å². The van der Waals surface area contributed by atoms with Crippen molar-refractivity contribution in [3.8, 4) is 6.07 Å². The summed E-state index contributed by atoms with van der Waals surface area (Å²) in [4.78, 5) is 28.7. The molecular formula is C20H17N3O3S2. The number of thiazole rings is 1. The molecule has 0 saturated carbocycles. The number of nitrogens with zero attached hydrogens (tertiary/aromatic N) is 2. The van der Waals surface area contributed by atoms with Crippen molar-refractivity contribution < 1.29 is 14.3 Å². The van der Waals surface area contributed by atoms with Gasteiger partial charge in [0.1, 0.15) is 0 Å². The number of anilines is 1. The molecule has 0 fully saturated rings. The van der Waals surface area contributed by atoms with Crippen molar-refractivity contribution >= 4 is 50.9 Å². The Kier molecular flexibility index (Phi) is 6.63. The summed E-state index contributed by atoms with van der Waals surface area (Å²) in [5, 5.41) is 11.5. The molecule has 6 nitrogen and oxygen atoms in total. The third-order valence-corrected chi connectivity index (χ3v) is 5.92. The van der Waals surface area contributed by atoms with E-state index >= 15 is 0 Å². The fraction of sp³-hybridized carbons (Fsp3) is 0.200. The number of rotatable bonds is 7. The molecule has 2 aromatic carbocycles. The minimum atomic E-state index is -0.925. The van der Waals surface area contributed by atoms with Crippen molar-refractivity contribution in [2.24, 2.45) is 0 Å². The van der Waals surface area contributed by atoms with E-state index in [1.165, 1.54) is 18.7 Å². The Morgan fingerprint density at radius 2 is 2.11 bits per heavy atom. The van der Waals surface area contributed by atoms with Crippen LogP contribution in [0, 0.1) is 11.3 Å². The number of thioether (sulfide) groups is 1. The Morgan fingerprint density at radius 3 is 2.89 bits per heavy atom. The van der Waals surface area contributed by atoms with Crippen LogP contribution in [0.25, 0.3) is 10.2 Å². The normalized spacial score (nSPS) is 11.6. The SMILES string of the molecule is C[C@H](OC(=O)CCSc1nc2ccccc2s1)C(=O)Nc1cccc(C#N)c1. The number of amides is 1. The van der Waals surface area contributed by atoms with E-state index in [1.807, 2.05) is 30.3 Å². The van der Waals surface area contributed by atoms with Gasteiger partial charge < -0.3 is 10.1 Å². The van der Waals surface area contributed by atoms with Gasteiger partial charge in [-0.15, -0.1) is 11.3 Å². The first-order chi connectivity index (χ1) is 13.5. The molecule has 0 spiro atoms. The van der Waals surface area contributed by atoms with E-state index < -0.39 is 18.0 Å². The van der Waals surface area contributed by atoms with E-state index in [0.29, 0.717) is 17.0 Å². The Balaban J connectivity index is 1.44. The minimum Gasteiger partial charge on any atom is -0.453 e. The lowest BCUT2D eigenvalue weighted by atomic mass is 10.2. The molecule has 1 N–H and O–H groups in total. The average molecular weight is 412 g/mol. The zero-order valence-corrected chi connectivity index (χ0v) is 16.7. The van der Waals surface area contributed by atoms with Crippen molar-refractivity contribution in [3.05, 3.63) is 54.1 Å². The number of nitrogens with one attached hydrogen (secondary N) is 1. The van der Waals surface area contributed by atoms with Crippen molar-refractivity contribution in [1.82, 2.24) is 4.98 Å². The second-order valence-electron chi connectivity index (χ2n) is 5.86. The van der Waals surface area contributed by atoms with Crippen LogP contribution in [0.5, 0.6) is 0 Å². The topological polar surface area (TPSA) is 92.1 Å². The molecule has 28 heavy (non-hydrogen) atoms. The number of benzene rings is 2. The predicted molar refractivity (Wildman–Crippen MR) is 110 cm³/mol. The standard InChI is InChI=1S/C20H17N3O3S2/c1-13(19(25)22-15-6-4-5-14(11-15)12-21)26-18(24)9-10-27-20-23-16-7-2-3-8-17(16)28-20/h2-8,11,13H,9-10H2,1H3,(H,22,25)/t13-/m0/s1. The summed E-state index contributed by atoms with van der Waals surface area (Å²) < 4.78 is 7.20. The third-order valence-electron chi connectivity index (χ3n) is 3.74. The first-order valence-electron chi connectivity index (χ1n) is 8.54. The van der Waals surface area contributed by atoms with Gasteiger partial charge in [0.25, 0.3) is 5.91 Å². The molecule has 1 amide bonds. The summed E-state index contributed by atoms with van der Waals surface area (Å²) in [5.41, 5.74) is 1.87. The molecule has 3 rings (SSSR count). The van der Waals surface area contributed by atoms with Crippen LogP contribution in [-0.4, -0.2) is 28.7 Å². The van der Waals surface area contributed by atoms with E-state index in [2.05, 4.69) is 10.3 Å². The highest BCUT2D eigenvalue weighted by Crippen LogP contribution is 2.29. The number of nitriles is 1. The first kappa shape index (κ1) is 19.9. The third kappa shape index (κ3) is 5.31. The Bertz CT molecular complexity index is 1010. The second kappa shape index (κ2) is 9.35. The molecule has 3 aromatic rings. The lowest BCUT2D eigenvalue weighted by molar-refractivity contribution is -0.152. The zero-order valence-electron chi connectivity index (χ0n) is 15.0. The maximum atomic E-state index is 12.2. The van der Waals surface area contributed by atoms with E-state index in [4.69, 9.17) is 10.00 Å². The first-order valence-corrected chi connectivity index (χ1v) is 10.3. The summed E-state index contributed by atoms with van der Waals surface area (Å²) in [6.45, 7) is 1.52. The molecular weight excluding hydrogens is 394 g/mol. The Morgan fingerprint density at radius 1 is 1.29 bits per heavy atom. The van der Waals surface area contributed by atoms with Gasteiger partial charge >= 0.3 is 5.97 Å². The van der Waals surface area contributed by atoms with Crippen LogP contribution < -0.4 is 5.32 Å². The molecule has 0 bridgehead atoms. The van der Waals surface area contributed by atoms with Gasteiger partial charge in [0.15, 0.2) is 10.4 Å². The molecule has 0 aliphatic rings. The summed E-state index contributed by atoms with van der Waals surface area (Å²) in [6, 6.07) is 16.4. The number of hydrogen-bond acceptors (Lipinski definition) is 7. The summed E-state index contributed by atoms with van der Waals surface area (Å²) in [5.74, 6) is -0.360. The monoisotopic (exact) mass is 411 g/mol. The average Bonchev–Trinajstić information content (AvgIpc) is 3.10. The highest BCUT2D eigenvalue weighted by atomic mass is 32.2. The molecule has 0 aliphatic carbocycles.